The van der Waals surface area contributed by atoms with Crippen molar-refractivity contribution in [3.63, 3.8) is 0 Å². The van der Waals surface area contributed by atoms with Crippen LogP contribution in [0.3, 0.4) is 0 Å². The minimum Gasteiger partial charge on any atom is -0.462 e. The standard InChI is InChI=1S/C19H18FNO3/c20-16-7-5-14(6-8-16)18(22)21-11-9-19(10-12-21)23-13-15-3-1-2-4-17(15)24-19/h1-8H,9-13H2. The van der Waals surface area contributed by atoms with Crippen LogP contribution in [0.4, 0.5) is 4.39 Å². The molecule has 0 radical (unpaired) electrons. The zero-order chi connectivity index (χ0) is 16.6. The SMILES string of the molecule is O=C(c1ccc(F)cc1)N1CCC2(CC1)OCc1ccccc1O2. The number of hydrogen-bond donors (Lipinski definition) is 0. The second-order valence-corrected chi connectivity index (χ2v) is 6.21. The van der Waals surface area contributed by atoms with Crippen LogP contribution in [0.5, 0.6) is 5.75 Å². The number of carbonyl (C=O) groups excluding carboxylic acids is 1. The van der Waals surface area contributed by atoms with Gasteiger partial charge < -0.3 is 14.4 Å². The first kappa shape index (κ1) is 15.1. The predicted molar refractivity (Wildman–Crippen MR) is 86.1 cm³/mol. The molecule has 2 aromatic carbocycles. The maximum Gasteiger partial charge on any atom is 0.253 e. The Morgan fingerprint density at radius 2 is 1.75 bits per heavy atom. The average Bonchev–Trinajstić information content (AvgIpc) is 2.62. The van der Waals surface area contributed by atoms with E-state index in [2.05, 4.69) is 0 Å². The molecule has 4 rings (SSSR count). The van der Waals surface area contributed by atoms with E-state index in [1.54, 1.807) is 4.90 Å². The summed E-state index contributed by atoms with van der Waals surface area (Å²) in [5, 5.41) is 0. The molecule has 1 amide bonds. The van der Waals surface area contributed by atoms with Crippen LogP contribution in [0.2, 0.25) is 0 Å². The minimum absolute atomic E-state index is 0.0824. The lowest BCUT2D eigenvalue weighted by molar-refractivity contribution is -0.225. The topological polar surface area (TPSA) is 38.8 Å². The second-order valence-electron chi connectivity index (χ2n) is 6.21. The van der Waals surface area contributed by atoms with Gasteiger partial charge in [0, 0.05) is 37.1 Å². The van der Waals surface area contributed by atoms with Crippen LogP contribution in [0.15, 0.2) is 48.5 Å². The molecule has 0 aromatic heterocycles. The van der Waals surface area contributed by atoms with Gasteiger partial charge in [0.15, 0.2) is 0 Å². The molecule has 2 aliphatic heterocycles. The van der Waals surface area contributed by atoms with Crippen molar-refractivity contribution in [3.8, 4) is 5.75 Å². The number of piperidine rings is 1. The summed E-state index contributed by atoms with van der Waals surface area (Å²) in [7, 11) is 0. The van der Waals surface area contributed by atoms with Gasteiger partial charge in [-0.1, -0.05) is 18.2 Å². The highest BCUT2D eigenvalue weighted by molar-refractivity contribution is 5.94. The third-order valence-corrected chi connectivity index (χ3v) is 4.66. The molecule has 0 saturated carbocycles. The van der Waals surface area contributed by atoms with Crippen molar-refractivity contribution in [3.05, 3.63) is 65.5 Å². The molecule has 4 nitrogen and oxygen atoms in total. The fourth-order valence-electron chi connectivity index (χ4n) is 3.23. The van der Waals surface area contributed by atoms with Crippen molar-refractivity contribution in [1.82, 2.24) is 4.90 Å². The van der Waals surface area contributed by atoms with Crippen LogP contribution in [0.1, 0.15) is 28.8 Å². The molecule has 2 aliphatic rings. The molecule has 1 saturated heterocycles. The number of ether oxygens (including phenoxy) is 2. The molecule has 0 aliphatic carbocycles. The first-order valence-electron chi connectivity index (χ1n) is 8.11. The summed E-state index contributed by atoms with van der Waals surface area (Å²) in [6.45, 7) is 1.64. The molecule has 1 fully saturated rings. The van der Waals surface area contributed by atoms with Crippen LogP contribution in [-0.2, 0) is 11.3 Å². The number of amides is 1. The Bertz CT molecular complexity index is 751. The number of benzene rings is 2. The highest BCUT2D eigenvalue weighted by Gasteiger charge is 2.41. The van der Waals surface area contributed by atoms with E-state index in [9.17, 15) is 9.18 Å². The number of rotatable bonds is 1. The van der Waals surface area contributed by atoms with E-state index >= 15 is 0 Å². The zero-order valence-electron chi connectivity index (χ0n) is 13.2. The summed E-state index contributed by atoms with van der Waals surface area (Å²) in [6.07, 6.45) is 1.24. The van der Waals surface area contributed by atoms with Gasteiger partial charge in [0.2, 0.25) is 5.79 Å². The van der Waals surface area contributed by atoms with Gasteiger partial charge in [-0.05, 0) is 30.3 Å². The monoisotopic (exact) mass is 327 g/mol. The van der Waals surface area contributed by atoms with E-state index in [1.165, 1.54) is 24.3 Å². The van der Waals surface area contributed by atoms with Crippen LogP contribution >= 0.6 is 0 Å². The molecule has 5 heteroatoms. The molecular weight excluding hydrogens is 309 g/mol. The van der Waals surface area contributed by atoms with E-state index in [4.69, 9.17) is 9.47 Å². The molecule has 2 aromatic rings. The Kier molecular flexibility index (Phi) is 3.73. The third kappa shape index (κ3) is 2.76. The Labute approximate surface area is 139 Å². The van der Waals surface area contributed by atoms with Crippen LogP contribution in [0, 0.1) is 5.82 Å². The van der Waals surface area contributed by atoms with Gasteiger partial charge in [-0.25, -0.2) is 4.39 Å². The summed E-state index contributed by atoms with van der Waals surface area (Å²) < 4.78 is 25.1. The van der Waals surface area contributed by atoms with Crippen LogP contribution < -0.4 is 4.74 Å². The van der Waals surface area contributed by atoms with Gasteiger partial charge in [-0.2, -0.15) is 0 Å². The molecule has 0 atom stereocenters. The van der Waals surface area contributed by atoms with E-state index in [0.717, 1.165) is 11.3 Å². The fourth-order valence-corrected chi connectivity index (χ4v) is 3.23. The highest BCUT2D eigenvalue weighted by atomic mass is 19.1. The van der Waals surface area contributed by atoms with E-state index in [-0.39, 0.29) is 11.7 Å². The molecule has 1 spiro atoms. The lowest BCUT2D eigenvalue weighted by Crippen LogP contribution is -2.52. The Hall–Kier alpha value is -2.40. The van der Waals surface area contributed by atoms with Crippen LogP contribution in [0.25, 0.3) is 0 Å². The highest BCUT2D eigenvalue weighted by Crippen LogP contribution is 2.37. The van der Waals surface area contributed by atoms with Gasteiger partial charge in [-0.15, -0.1) is 0 Å². The summed E-state index contributed by atoms with van der Waals surface area (Å²) >= 11 is 0. The van der Waals surface area contributed by atoms with Crippen molar-refractivity contribution in [2.24, 2.45) is 0 Å². The van der Waals surface area contributed by atoms with Crippen molar-refractivity contribution in [2.45, 2.75) is 25.2 Å². The maximum absolute atomic E-state index is 13.0. The summed E-state index contributed by atoms with van der Waals surface area (Å²) in [5.74, 6) is -0.205. The van der Waals surface area contributed by atoms with Crippen molar-refractivity contribution in [2.75, 3.05) is 13.1 Å². The smallest absolute Gasteiger partial charge is 0.253 e. The molecule has 0 unspecified atom stereocenters. The molecule has 2 heterocycles. The number of para-hydroxylation sites is 1. The number of halogens is 1. The van der Waals surface area contributed by atoms with Crippen molar-refractivity contribution in [1.29, 1.82) is 0 Å². The first-order valence-corrected chi connectivity index (χ1v) is 8.11. The number of carbonyl (C=O) groups is 1. The quantitative estimate of drug-likeness (QED) is 0.806. The average molecular weight is 327 g/mol. The van der Waals surface area contributed by atoms with Crippen molar-refractivity contribution >= 4 is 5.91 Å². The second kappa shape index (κ2) is 5.91. The first-order chi connectivity index (χ1) is 11.7. The molecule has 24 heavy (non-hydrogen) atoms. The number of hydrogen-bond acceptors (Lipinski definition) is 3. The Morgan fingerprint density at radius 3 is 2.50 bits per heavy atom. The predicted octanol–water partition coefficient (Wildman–Crippen LogP) is 3.37. The van der Waals surface area contributed by atoms with Gasteiger partial charge in [0.25, 0.3) is 5.91 Å². The van der Waals surface area contributed by atoms with E-state index in [1.807, 2.05) is 24.3 Å². The number of nitrogens with zero attached hydrogens (tertiary/aromatic N) is 1. The Balaban J connectivity index is 1.44. The van der Waals surface area contributed by atoms with Gasteiger partial charge >= 0.3 is 0 Å². The third-order valence-electron chi connectivity index (χ3n) is 4.66. The number of likely N-dealkylation sites (tertiary alicyclic amines) is 1. The maximum atomic E-state index is 13.0. The Morgan fingerprint density at radius 1 is 1.04 bits per heavy atom. The zero-order valence-corrected chi connectivity index (χ0v) is 13.2. The van der Waals surface area contributed by atoms with Crippen molar-refractivity contribution < 1.29 is 18.7 Å². The van der Waals surface area contributed by atoms with Gasteiger partial charge in [0.05, 0.1) is 6.61 Å². The van der Waals surface area contributed by atoms with Gasteiger partial charge in [0.1, 0.15) is 11.6 Å². The minimum atomic E-state index is -0.645. The van der Waals surface area contributed by atoms with Crippen LogP contribution in [-0.4, -0.2) is 29.7 Å². The lowest BCUT2D eigenvalue weighted by atomic mass is 10.0. The molecule has 124 valence electrons. The van der Waals surface area contributed by atoms with Gasteiger partial charge in [-0.3, -0.25) is 4.79 Å². The summed E-state index contributed by atoms with van der Waals surface area (Å²) in [4.78, 5) is 14.3. The number of fused-ring (bicyclic) bond motifs is 1. The van der Waals surface area contributed by atoms with E-state index in [0.29, 0.717) is 38.1 Å². The van der Waals surface area contributed by atoms with E-state index < -0.39 is 5.79 Å². The molecule has 0 N–H and O–H groups in total. The fraction of sp³-hybridized carbons (Fsp3) is 0.316. The summed E-state index contributed by atoms with van der Waals surface area (Å²) in [5.41, 5.74) is 1.55. The molecular formula is C19H18FNO3. The lowest BCUT2D eigenvalue weighted by Gasteiger charge is -2.44. The normalized spacial score (nSPS) is 18.8. The largest absolute Gasteiger partial charge is 0.462 e. The molecule has 0 bridgehead atoms. The summed E-state index contributed by atoms with van der Waals surface area (Å²) in [6, 6.07) is 13.5.